The van der Waals surface area contributed by atoms with Crippen LogP contribution in [0.2, 0.25) is 0 Å². The number of nitrogens with one attached hydrogen (secondary N) is 1. The largest absolute Gasteiger partial charge is 0.461 e. The number of rotatable bonds is 4. The Morgan fingerprint density at radius 3 is 2.50 bits per heavy atom. The third-order valence-electron chi connectivity index (χ3n) is 3.23. The second-order valence-corrected chi connectivity index (χ2v) is 4.88. The second kappa shape index (κ2) is 6.85. The maximum absolute atomic E-state index is 12.2. The zero-order chi connectivity index (χ0) is 16.1. The molecule has 0 spiro atoms. The molecule has 0 atom stereocenters. The highest BCUT2D eigenvalue weighted by Gasteiger charge is 2.13. The molecular weight excluding hydrogens is 280 g/mol. The number of aryl methyl sites for hydroxylation is 2. The fourth-order valence-corrected chi connectivity index (χ4v) is 1.89. The Kier molecular flexibility index (Phi) is 4.88. The molecule has 0 saturated carbocycles. The van der Waals surface area contributed by atoms with E-state index >= 15 is 0 Å². The third-order valence-corrected chi connectivity index (χ3v) is 3.23. The summed E-state index contributed by atoms with van der Waals surface area (Å²) in [5.41, 5.74) is 3.22. The van der Waals surface area contributed by atoms with Gasteiger partial charge in [0.2, 0.25) is 0 Å². The topological polar surface area (TPSA) is 68.3 Å². The van der Waals surface area contributed by atoms with Gasteiger partial charge >= 0.3 is 5.97 Å². The van der Waals surface area contributed by atoms with E-state index in [1.807, 2.05) is 32.0 Å². The molecule has 1 N–H and O–H groups in total. The van der Waals surface area contributed by atoms with Gasteiger partial charge in [0.25, 0.3) is 5.91 Å². The first-order chi connectivity index (χ1) is 10.5. The van der Waals surface area contributed by atoms with Gasteiger partial charge in [-0.1, -0.05) is 12.1 Å². The Morgan fingerprint density at radius 2 is 1.82 bits per heavy atom. The van der Waals surface area contributed by atoms with E-state index in [2.05, 4.69) is 10.3 Å². The molecule has 114 valence electrons. The van der Waals surface area contributed by atoms with Crippen molar-refractivity contribution in [3.05, 3.63) is 58.9 Å². The quantitative estimate of drug-likeness (QED) is 0.881. The predicted octanol–water partition coefficient (Wildman–Crippen LogP) is 3.13. The lowest BCUT2D eigenvalue weighted by Crippen LogP contribution is -2.16. The maximum Gasteiger partial charge on any atom is 0.356 e. The van der Waals surface area contributed by atoms with Gasteiger partial charge in [-0.2, -0.15) is 0 Å². The number of anilines is 1. The number of carbonyl (C=O) groups is 2. The van der Waals surface area contributed by atoms with Gasteiger partial charge in [0.15, 0.2) is 0 Å². The number of hydrogen-bond donors (Lipinski definition) is 1. The zero-order valence-electron chi connectivity index (χ0n) is 12.8. The van der Waals surface area contributed by atoms with Crippen LogP contribution in [0.1, 0.15) is 39.0 Å². The molecule has 0 fully saturated rings. The number of aromatic nitrogens is 1. The van der Waals surface area contributed by atoms with Crippen molar-refractivity contribution in [1.29, 1.82) is 0 Å². The highest BCUT2D eigenvalue weighted by Crippen LogP contribution is 2.15. The molecule has 0 unspecified atom stereocenters. The van der Waals surface area contributed by atoms with Gasteiger partial charge in [-0.15, -0.1) is 0 Å². The predicted molar refractivity (Wildman–Crippen MR) is 84.1 cm³/mol. The molecule has 0 aliphatic heterocycles. The summed E-state index contributed by atoms with van der Waals surface area (Å²) in [6, 6.07) is 10.3. The molecule has 5 heteroatoms. The number of esters is 1. The number of hydrogen-bond acceptors (Lipinski definition) is 4. The van der Waals surface area contributed by atoms with Crippen molar-refractivity contribution >= 4 is 17.6 Å². The van der Waals surface area contributed by atoms with Crippen molar-refractivity contribution in [1.82, 2.24) is 4.98 Å². The Labute approximate surface area is 129 Å². The van der Waals surface area contributed by atoms with Crippen LogP contribution in [-0.2, 0) is 4.74 Å². The molecule has 0 radical (unpaired) electrons. The molecule has 1 aromatic heterocycles. The number of carbonyl (C=O) groups excluding carboxylic acids is 2. The number of pyridine rings is 1. The van der Waals surface area contributed by atoms with Crippen LogP contribution in [0.15, 0.2) is 36.4 Å². The van der Waals surface area contributed by atoms with Gasteiger partial charge < -0.3 is 10.1 Å². The Balaban J connectivity index is 2.17. The van der Waals surface area contributed by atoms with Crippen molar-refractivity contribution in [3.63, 3.8) is 0 Å². The molecule has 0 aliphatic carbocycles. The second-order valence-electron chi connectivity index (χ2n) is 4.88. The normalized spacial score (nSPS) is 10.1. The molecule has 5 nitrogen and oxygen atoms in total. The van der Waals surface area contributed by atoms with Crippen LogP contribution in [0, 0.1) is 13.8 Å². The van der Waals surface area contributed by atoms with E-state index in [0.29, 0.717) is 5.69 Å². The van der Waals surface area contributed by atoms with E-state index in [1.54, 1.807) is 19.1 Å². The van der Waals surface area contributed by atoms with E-state index < -0.39 is 5.97 Å². The van der Waals surface area contributed by atoms with Crippen molar-refractivity contribution in [2.75, 3.05) is 11.9 Å². The zero-order valence-corrected chi connectivity index (χ0v) is 12.8. The van der Waals surface area contributed by atoms with Gasteiger partial charge in [0.05, 0.1) is 6.61 Å². The fourth-order valence-electron chi connectivity index (χ4n) is 1.89. The number of nitrogens with zero attached hydrogens (tertiary/aromatic N) is 1. The molecule has 0 bridgehead atoms. The Morgan fingerprint density at radius 1 is 1.09 bits per heavy atom. The van der Waals surface area contributed by atoms with Gasteiger partial charge in [-0.3, -0.25) is 4.79 Å². The number of amides is 1. The van der Waals surface area contributed by atoms with Crippen LogP contribution in [0.3, 0.4) is 0 Å². The lowest BCUT2D eigenvalue weighted by Gasteiger charge is -2.08. The first-order valence-electron chi connectivity index (χ1n) is 7.04. The molecule has 0 aliphatic rings. The van der Waals surface area contributed by atoms with Gasteiger partial charge in [-0.05, 0) is 56.2 Å². The van der Waals surface area contributed by atoms with Crippen LogP contribution < -0.4 is 5.32 Å². The maximum atomic E-state index is 12.2. The molecule has 22 heavy (non-hydrogen) atoms. The highest BCUT2D eigenvalue weighted by atomic mass is 16.5. The number of ether oxygens (including phenoxy) is 1. The highest BCUT2D eigenvalue weighted by molar-refractivity contribution is 6.03. The summed E-state index contributed by atoms with van der Waals surface area (Å²) in [6.07, 6.45) is 0. The van der Waals surface area contributed by atoms with E-state index in [1.165, 1.54) is 6.07 Å². The Hall–Kier alpha value is -2.69. The fraction of sp³-hybridized carbons (Fsp3) is 0.235. The minimum atomic E-state index is -0.539. The molecule has 1 amide bonds. The summed E-state index contributed by atoms with van der Waals surface area (Å²) in [5.74, 6) is -0.905. The van der Waals surface area contributed by atoms with E-state index in [4.69, 9.17) is 4.74 Å². The van der Waals surface area contributed by atoms with E-state index in [-0.39, 0.29) is 23.9 Å². The molecule has 1 aromatic carbocycles. The van der Waals surface area contributed by atoms with Crippen molar-refractivity contribution in [2.24, 2.45) is 0 Å². The summed E-state index contributed by atoms with van der Waals surface area (Å²) in [6.45, 7) is 5.96. The SMILES string of the molecule is CCOC(=O)c1cccc(C(=O)Nc2ccc(C)c(C)c2)n1. The standard InChI is InChI=1S/C17H18N2O3/c1-4-22-17(21)15-7-5-6-14(19-15)16(20)18-13-9-8-11(2)12(3)10-13/h5-10H,4H2,1-3H3,(H,18,20). The van der Waals surface area contributed by atoms with E-state index in [9.17, 15) is 9.59 Å². The lowest BCUT2D eigenvalue weighted by atomic mass is 10.1. The third kappa shape index (κ3) is 3.69. The average molecular weight is 298 g/mol. The first kappa shape index (κ1) is 15.7. The van der Waals surface area contributed by atoms with Crippen LogP contribution in [0.25, 0.3) is 0 Å². The smallest absolute Gasteiger partial charge is 0.356 e. The van der Waals surface area contributed by atoms with Crippen LogP contribution in [0.4, 0.5) is 5.69 Å². The summed E-state index contributed by atoms with van der Waals surface area (Å²) in [5, 5.41) is 2.77. The van der Waals surface area contributed by atoms with Crippen molar-refractivity contribution in [2.45, 2.75) is 20.8 Å². The number of benzene rings is 1. The van der Waals surface area contributed by atoms with Crippen molar-refractivity contribution < 1.29 is 14.3 Å². The van der Waals surface area contributed by atoms with Crippen LogP contribution >= 0.6 is 0 Å². The van der Waals surface area contributed by atoms with Gasteiger partial charge in [-0.25, -0.2) is 9.78 Å². The molecular formula is C17H18N2O3. The minimum Gasteiger partial charge on any atom is -0.461 e. The first-order valence-corrected chi connectivity index (χ1v) is 7.04. The monoisotopic (exact) mass is 298 g/mol. The molecule has 2 rings (SSSR count). The summed E-state index contributed by atoms with van der Waals surface area (Å²) in [4.78, 5) is 27.9. The lowest BCUT2D eigenvalue weighted by molar-refractivity contribution is 0.0519. The minimum absolute atomic E-state index is 0.120. The summed E-state index contributed by atoms with van der Waals surface area (Å²) < 4.78 is 4.88. The van der Waals surface area contributed by atoms with Gasteiger partial charge in [0, 0.05) is 5.69 Å². The average Bonchev–Trinajstić information content (AvgIpc) is 2.51. The summed E-state index contributed by atoms with van der Waals surface area (Å²) >= 11 is 0. The molecule has 0 saturated heterocycles. The van der Waals surface area contributed by atoms with Crippen LogP contribution in [0.5, 0.6) is 0 Å². The Bertz CT molecular complexity index is 711. The van der Waals surface area contributed by atoms with Crippen molar-refractivity contribution in [3.8, 4) is 0 Å². The van der Waals surface area contributed by atoms with E-state index in [0.717, 1.165) is 11.1 Å². The van der Waals surface area contributed by atoms with Gasteiger partial charge in [0.1, 0.15) is 11.4 Å². The molecule has 2 aromatic rings. The molecule has 1 heterocycles. The van der Waals surface area contributed by atoms with Crippen LogP contribution in [-0.4, -0.2) is 23.5 Å². The summed E-state index contributed by atoms with van der Waals surface area (Å²) in [7, 11) is 0.